The van der Waals surface area contributed by atoms with Gasteiger partial charge < -0.3 is 5.11 Å². The highest BCUT2D eigenvalue weighted by Crippen LogP contribution is 2.21. The number of phenolic OH excluding ortho intramolecular Hbond substituents is 1. The molecule has 0 saturated carbocycles. The van der Waals surface area contributed by atoms with Gasteiger partial charge in [0.15, 0.2) is 0 Å². The van der Waals surface area contributed by atoms with Crippen molar-refractivity contribution in [3.05, 3.63) is 63.2 Å². The third-order valence-corrected chi connectivity index (χ3v) is 4.69. The second kappa shape index (κ2) is 8.50. The summed E-state index contributed by atoms with van der Waals surface area (Å²) in [6, 6.07) is 5.93. The number of hydrogen-bond donors (Lipinski definition) is 3. The Morgan fingerprint density at radius 3 is 2.40 bits per heavy atom. The van der Waals surface area contributed by atoms with Crippen LogP contribution in [0.2, 0.25) is 5.02 Å². The van der Waals surface area contributed by atoms with Crippen molar-refractivity contribution in [3.63, 3.8) is 0 Å². The van der Waals surface area contributed by atoms with Crippen LogP contribution in [0.5, 0.6) is 5.75 Å². The van der Waals surface area contributed by atoms with Gasteiger partial charge in [-0.3, -0.25) is 20.4 Å². The number of nitrogens with zero attached hydrogens (tertiary/aromatic N) is 4. The highest BCUT2D eigenvalue weighted by Gasteiger charge is 2.19. The summed E-state index contributed by atoms with van der Waals surface area (Å²) < 4.78 is 1.60. The van der Waals surface area contributed by atoms with Crippen molar-refractivity contribution in [1.29, 1.82) is 0 Å². The maximum Gasteiger partial charge on any atom is 0.273 e. The molecule has 0 aliphatic carbocycles. The first kappa shape index (κ1) is 21.3. The van der Waals surface area contributed by atoms with Crippen LogP contribution < -0.4 is 10.9 Å². The van der Waals surface area contributed by atoms with Crippen LogP contribution in [0.3, 0.4) is 0 Å². The number of hydrogen-bond acceptors (Lipinski definition) is 6. The van der Waals surface area contributed by atoms with Gasteiger partial charge in [-0.2, -0.15) is 5.10 Å². The van der Waals surface area contributed by atoms with E-state index in [2.05, 4.69) is 25.9 Å². The maximum absolute atomic E-state index is 12.4. The molecule has 2 heterocycles. The molecule has 0 atom stereocenters. The van der Waals surface area contributed by atoms with E-state index in [0.29, 0.717) is 17.2 Å². The topological polar surface area (TPSA) is 122 Å². The molecule has 0 bridgehead atoms. The van der Waals surface area contributed by atoms with E-state index in [9.17, 15) is 14.7 Å². The number of halogens is 1. The predicted octanol–water partition coefficient (Wildman–Crippen LogP) is 2.26. The highest BCUT2D eigenvalue weighted by atomic mass is 35.5. The molecular weight excluding hydrogens is 408 g/mol. The molecule has 0 spiro atoms. The highest BCUT2D eigenvalue weighted by molar-refractivity contribution is 6.31. The van der Waals surface area contributed by atoms with Crippen molar-refractivity contribution in [2.24, 2.45) is 0 Å². The second-order valence-corrected chi connectivity index (χ2v) is 7.29. The van der Waals surface area contributed by atoms with Gasteiger partial charge in [-0.1, -0.05) is 11.6 Å². The lowest BCUT2D eigenvalue weighted by Gasteiger charge is -2.09. The van der Waals surface area contributed by atoms with Crippen LogP contribution in [0.25, 0.3) is 5.95 Å². The lowest BCUT2D eigenvalue weighted by molar-refractivity contribution is -0.121. The first-order chi connectivity index (χ1) is 14.2. The molecule has 2 amide bonds. The average Bonchev–Trinajstić information content (AvgIpc) is 2.95. The molecule has 0 unspecified atom stereocenters. The number of carbonyl (C=O) groups is 2. The van der Waals surface area contributed by atoms with Crippen molar-refractivity contribution in [1.82, 2.24) is 30.6 Å². The van der Waals surface area contributed by atoms with Crippen LogP contribution in [0.1, 0.15) is 38.7 Å². The predicted molar refractivity (Wildman–Crippen MR) is 111 cm³/mol. The molecule has 0 radical (unpaired) electrons. The maximum atomic E-state index is 12.4. The monoisotopic (exact) mass is 428 g/mol. The number of nitrogens with one attached hydrogen (secondary N) is 2. The summed E-state index contributed by atoms with van der Waals surface area (Å²) in [7, 11) is 0. The molecular formula is C20H21ClN6O3. The Kier molecular flexibility index (Phi) is 6.02. The molecule has 1 aromatic carbocycles. The van der Waals surface area contributed by atoms with Gasteiger partial charge in [-0.25, -0.2) is 14.6 Å². The van der Waals surface area contributed by atoms with Crippen LogP contribution >= 0.6 is 11.6 Å². The molecule has 156 valence electrons. The van der Waals surface area contributed by atoms with Gasteiger partial charge in [-0.05, 0) is 52.0 Å². The van der Waals surface area contributed by atoms with Crippen LogP contribution in [-0.2, 0) is 11.2 Å². The van der Waals surface area contributed by atoms with E-state index in [-0.39, 0.29) is 22.8 Å². The van der Waals surface area contributed by atoms with E-state index in [1.165, 1.54) is 18.2 Å². The van der Waals surface area contributed by atoms with Gasteiger partial charge in [0.2, 0.25) is 5.91 Å². The number of rotatable bonds is 4. The zero-order chi connectivity index (χ0) is 22.0. The van der Waals surface area contributed by atoms with Gasteiger partial charge in [0.05, 0.1) is 17.7 Å². The SMILES string of the molecule is Cc1cc(C)nc(-n2nc(C)c(CC(=O)NNC(=O)c3cc(Cl)ccc3O)c2C)n1. The largest absolute Gasteiger partial charge is 0.507 e. The minimum absolute atomic E-state index is 0.00965. The first-order valence-corrected chi connectivity index (χ1v) is 9.49. The number of phenols is 1. The van der Waals surface area contributed by atoms with Crippen LogP contribution in [0.4, 0.5) is 0 Å². The van der Waals surface area contributed by atoms with Crippen molar-refractivity contribution in [2.45, 2.75) is 34.1 Å². The summed E-state index contributed by atoms with van der Waals surface area (Å²) >= 11 is 5.84. The lowest BCUT2D eigenvalue weighted by atomic mass is 10.1. The van der Waals surface area contributed by atoms with Crippen LogP contribution in [0, 0.1) is 27.7 Å². The Bertz CT molecular complexity index is 1120. The number of hydrazine groups is 1. The Labute approximate surface area is 178 Å². The van der Waals surface area contributed by atoms with E-state index in [1.54, 1.807) is 11.6 Å². The lowest BCUT2D eigenvalue weighted by Crippen LogP contribution is -2.42. The average molecular weight is 429 g/mol. The smallest absolute Gasteiger partial charge is 0.273 e. The molecule has 30 heavy (non-hydrogen) atoms. The Morgan fingerprint density at radius 2 is 1.73 bits per heavy atom. The summed E-state index contributed by atoms with van der Waals surface area (Å²) in [6.07, 6.45) is -0.00965. The van der Waals surface area contributed by atoms with Gasteiger partial charge in [0.1, 0.15) is 5.75 Å². The molecule has 3 N–H and O–H groups in total. The number of carbonyl (C=O) groups excluding carboxylic acids is 2. The quantitative estimate of drug-likeness (QED) is 0.548. The van der Waals surface area contributed by atoms with Gasteiger partial charge in [-0.15, -0.1) is 0 Å². The Balaban J connectivity index is 1.72. The second-order valence-electron chi connectivity index (χ2n) is 6.85. The molecule has 0 saturated heterocycles. The van der Waals surface area contributed by atoms with Crippen molar-refractivity contribution >= 4 is 23.4 Å². The van der Waals surface area contributed by atoms with E-state index < -0.39 is 11.8 Å². The minimum atomic E-state index is -0.684. The fourth-order valence-corrected chi connectivity index (χ4v) is 3.19. The molecule has 0 aliphatic rings. The van der Waals surface area contributed by atoms with Crippen molar-refractivity contribution in [3.8, 4) is 11.7 Å². The third-order valence-electron chi connectivity index (χ3n) is 4.46. The number of benzene rings is 1. The molecule has 10 heteroatoms. The van der Waals surface area contributed by atoms with Gasteiger partial charge in [0.25, 0.3) is 11.9 Å². The van der Waals surface area contributed by atoms with Crippen LogP contribution in [0.15, 0.2) is 24.3 Å². The minimum Gasteiger partial charge on any atom is -0.507 e. The van der Waals surface area contributed by atoms with Crippen molar-refractivity contribution in [2.75, 3.05) is 0 Å². The van der Waals surface area contributed by atoms with E-state index >= 15 is 0 Å². The summed E-state index contributed by atoms with van der Waals surface area (Å²) in [5.74, 6) is -0.940. The number of aromatic hydroxyl groups is 1. The Morgan fingerprint density at radius 1 is 1.07 bits per heavy atom. The fraction of sp³-hybridized carbons (Fsp3) is 0.250. The molecule has 0 fully saturated rings. The van der Waals surface area contributed by atoms with E-state index in [0.717, 1.165) is 17.1 Å². The zero-order valence-corrected chi connectivity index (χ0v) is 17.7. The van der Waals surface area contributed by atoms with Crippen molar-refractivity contribution < 1.29 is 14.7 Å². The summed E-state index contributed by atoms with van der Waals surface area (Å²) in [5, 5.41) is 14.5. The molecule has 2 aromatic heterocycles. The molecule has 0 aliphatic heterocycles. The summed E-state index contributed by atoms with van der Waals surface area (Å²) in [5.41, 5.74) is 8.28. The Hall–Kier alpha value is -3.46. The number of amides is 2. The van der Waals surface area contributed by atoms with E-state index in [4.69, 9.17) is 11.6 Å². The third kappa shape index (κ3) is 4.57. The standard InChI is InChI=1S/C20H21ClN6O3/c1-10-7-11(2)23-20(22-10)27-13(4)15(12(3)26-27)9-18(29)24-25-19(30)16-8-14(21)5-6-17(16)28/h5-8,28H,9H2,1-4H3,(H,24,29)(H,25,30). The first-order valence-electron chi connectivity index (χ1n) is 9.11. The normalized spacial score (nSPS) is 10.7. The van der Waals surface area contributed by atoms with Gasteiger partial charge in [0, 0.05) is 27.7 Å². The number of aromatic nitrogens is 4. The summed E-state index contributed by atoms with van der Waals surface area (Å²) in [6.45, 7) is 7.36. The molecule has 9 nitrogen and oxygen atoms in total. The number of aryl methyl sites for hydroxylation is 3. The van der Waals surface area contributed by atoms with Crippen LogP contribution in [-0.4, -0.2) is 36.7 Å². The van der Waals surface area contributed by atoms with Gasteiger partial charge >= 0.3 is 0 Å². The fourth-order valence-electron chi connectivity index (χ4n) is 3.02. The molecule has 3 aromatic rings. The summed E-state index contributed by atoms with van der Waals surface area (Å²) in [4.78, 5) is 33.4. The molecule has 3 rings (SSSR count). The zero-order valence-electron chi connectivity index (χ0n) is 16.9. The van der Waals surface area contributed by atoms with E-state index in [1.807, 2.05) is 26.8 Å².